The van der Waals surface area contributed by atoms with Gasteiger partial charge in [0.1, 0.15) is 5.82 Å². The Morgan fingerprint density at radius 1 is 1.27 bits per heavy atom. The molecule has 0 amide bonds. The van der Waals surface area contributed by atoms with Crippen LogP contribution in [0.2, 0.25) is 0 Å². The van der Waals surface area contributed by atoms with Crippen LogP contribution in [0.15, 0.2) is 24.3 Å². The number of ketones is 1. The van der Waals surface area contributed by atoms with E-state index in [0.29, 0.717) is 24.9 Å². The van der Waals surface area contributed by atoms with Gasteiger partial charge in [-0.3, -0.25) is 9.18 Å². The second kappa shape index (κ2) is 7.28. The summed E-state index contributed by atoms with van der Waals surface area (Å²) in [7, 11) is -3.52. The van der Waals surface area contributed by atoms with Gasteiger partial charge in [-0.25, -0.2) is 12.8 Å². The highest BCUT2D eigenvalue weighted by atomic mass is 32.2. The van der Waals surface area contributed by atoms with E-state index in [0.717, 1.165) is 0 Å². The summed E-state index contributed by atoms with van der Waals surface area (Å²) in [5.41, 5.74) is 0.370. The molecule has 1 aliphatic rings. The van der Waals surface area contributed by atoms with Crippen molar-refractivity contribution in [3.05, 3.63) is 35.6 Å². The molecule has 0 saturated carbocycles. The number of halogens is 2. The third-order valence-electron chi connectivity index (χ3n) is 3.80. The van der Waals surface area contributed by atoms with Crippen LogP contribution in [0.1, 0.15) is 36.0 Å². The summed E-state index contributed by atoms with van der Waals surface area (Å²) < 4.78 is 50.7. The molecule has 0 aromatic heterocycles. The maximum absolute atomic E-state index is 12.9. The average Bonchev–Trinajstić information content (AvgIpc) is 2.95. The van der Waals surface area contributed by atoms with E-state index >= 15 is 0 Å². The van der Waals surface area contributed by atoms with Crippen LogP contribution in [0.4, 0.5) is 8.78 Å². The first-order valence-electron chi connectivity index (χ1n) is 7.28. The molecule has 2 rings (SSSR count). The second-order valence-electron chi connectivity index (χ2n) is 5.40. The van der Waals surface area contributed by atoms with Crippen molar-refractivity contribution in [2.45, 2.75) is 31.7 Å². The molecule has 1 heterocycles. The number of nitrogens with zero attached hydrogens (tertiary/aromatic N) is 1. The van der Waals surface area contributed by atoms with E-state index in [9.17, 15) is 22.0 Å². The summed E-state index contributed by atoms with van der Waals surface area (Å²) in [6.07, 6.45) is 1.34. The van der Waals surface area contributed by atoms with Crippen LogP contribution >= 0.6 is 0 Å². The largest absolute Gasteiger partial charge is 0.294 e. The van der Waals surface area contributed by atoms with Crippen molar-refractivity contribution in [3.8, 4) is 0 Å². The number of alkyl halides is 1. The number of hydrogen-bond donors (Lipinski definition) is 0. The summed E-state index contributed by atoms with van der Waals surface area (Å²) in [5, 5.41) is 0. The zero-order valence-corrected chi connectivity index (χ0v) is 13.0. The van der Waals surface area contributed by atoms with E-state index in [1.54, 1.807) is 0 Å². The Morgan fingerprint density at radius 3 is 2.59 bits per heavy atom. The normalized spacial score (nSPS) is 19.5. The van der Waals surface area contributed by atoms with Gasteiger partial charge in [-0.05, 0) is 43.5 Å². The maximum atomic E-state index is 12.9. The summed E-state index contributed by atoms with van der Waals surface area (Å²) in [4.78, 5) is 12.2. The summed E-state index contributed by atoms with van der Waals surface area (Å²) in [5.74, 6) is -0.865. The number of sulfonamides is 1. The number of Topliss-reactive ketones (excluding diaryl/α,β-unsaturated/α-hetero) is 1. The fourth-order valence-corrected chi connectivity index (χ4v) is 4.45. The Hall–Kier alpha value is -1.34. The minimum atomic E-state index is -3.52. The van der Waals surface area contributed by atoms with Gasteiger partial charge in [-0.15, -0.1) is 0 Å². The monoisotopic (exact) mass is 331 g/mol. The van der Waals surface area contributed by atoms with Gasteiger partial charge in [0.05, 0.1) is 12.4 Å². The lowest BCUT2D eigenvalue weighted by Gasteiger charge is -2.23. The molecule has 1 aliphatic heterocycles. The molecule has 7 heteroatoms. The van der Waals surface area contributed by atoms with Crippen molar-refractivity contribution in [3.63, 3.8) is 0 Å². The molecule has 0 radical (unpaired) electrons. The molecule has 0 unspecified atom stereocenters. The van der Waals surface area contributed by atoms with Crippen LogP contribution in [0.25, 0.3) is 0 Å². The van der Waals surface area contributed by atoms with Gasteiger partial charge in [-0.1, -0.05) is 0 Å². The van der Waals surface area contributed by atoms with Crippen LogP contribution in [0, 0.1) is 5.82 Å². The predicted octanol–water partition coefficient (Wildman–Crippen LogP) is 2.55. The fraction of sp³-hybridized carbons (Fsp3) is 0.533. The Bertz CT molecular complexity index is 616. The Kier molecular flexibility index (Phi) is 5.63. The van der Waals surface area contributed by atoms with Crippen molar-refractivity contribution in [1.29, 1.82) is 0 Å². The van der Waals surface area contributed by atoms with Crippen LogP contribution in [-0.4, -0.2) is 43.5 Å². The predicted molar refractivity (Wildman–Crippen MR) is 79.5 cm³/mol. The minimum Gasteiger partial charge on any atom is -0.294 e. The molecule has 0 spiro atoms. The molecular formula is C15H19F2NO3S. The van der Waals surface area contributed by atoms with Crippen LogP contribution in [-0.2, 0) is 10.0 Å². The van der Waals surface area contributed by atoms with Gasteiger partial charge in [0.2, 0.25) is 10.0 Å². The van der Waals surface area contributed by atoms with E-state index in [2.05, 4.69) is 0 Å². The van der Waals surface area contributed by atoms with Gasteiger partial charge in [0.25, 0.3) is 0 Å². The number of benzene rings is 1. The lowest BCUT2D eigenvalue weighted by molar-refractivity contribution is 0.0961. The Balaban J connectivity index is 2.05. The zero-order valence-electron chi connectivity index (χ0n) is 12.2. The Morgan fingerprint density at radius 2 is 1.95 bits per heavy atom. The minimum absolute atomic E-state index is 0.0303. The number of carbonyl (C=O) groups excluding carboxylic acids is 1. The van der Waals surface area contributed by atoms with Gasteiger partial charge in [-0.2, -0.15) is 4.31 Å². The van der Waals surface area contributed by atoms with Gasteiger partial charge in [0, 0.05) is 24.6 Å². The summed E-state index contributed by atoms with van der Waals surface area (Å²) in [6, 6.07) is 4.82. The Labute approximate surface area is 129 Å². The average molecular weight is 331 g/mol. The molecule has 1 aromatic carbocycles. The SMILES string of the molecule is O=C(C[C@@H]1CCCN1S(=O)(=O)CCCF)c1ccc(F)cc1. The van der Waals surface area contributed by atoms with E-state index < -0.39 is 22.5 Å². The lowest BCUT2D eigenvalue weighted by atomic mass is 10.0. The standard InChI is InChI=1S/C15H19F2NO3S/c16-8-2-10-22(20,21)18-9-1-3-14(18)11-15(19)12-4-6-13(17)7-5-12/h4-7,14H,1-3,8-11H2/t14-/m0/s1. The third kappa shape index (κ3) is 4.10. The molecule has 1 atom stereocenters. The van der Waals surface area contributed by atoms with Crippen LogP contribution < -0.4 is 0 Å². The van der Waals surface area contributed by atoms with Crippen molar-refractivity contribution in [2.24, 2.45) is 0 Å². The molecule has 22 heavy (non-hydrogen) atoms. The van der Waals surface area contributed by atoms with Gasteiger partial charge >= 0.3 is 0 Å². The highest BCUT2D eigenvalue weighted by Gasteiger charge is 2.35. The van der Waals surface area contributed by atoms with E-state index in [1.165, 1.54) is 28.6 Å². The molecule has 1 saturated heterocycles. The number of hydrogen-bond acceptors (Lipinski definition) is 3. The smallest absolute Gasteiger partial charge is 0.214 e. The molecular weight excluding hydrogens is 312 g/mol. The molecule has 0 N–H and O–H groups in total. The summed E-state index contributed by atoms with van der Waals surface area (Å²) in [6.45, 7) is -0.303. The van der Waals surface area contributed by atoms with Crippen molar-refractivity contribution >= 4 is 15.8 Å². The fourth-order valence-electron chi connectivity index (χ4n) is 2.70. The first kappa shape index (κ1) is 17.0. The summed E-state index contributed by atoms with van der Waals surface area (Å²) >= 11 is 0. The second-order valence-corrected chi connectivity index (χ2v) is 7.44. The third-order valence-corrected chi connectivity index (χ3v) is 5.80. The lowest BCUT2D eigenvalue weighted by Crippen LogP contribution is -2.38. The quantitative estimate of drug-likeness (QED) is 0.722. The van der Waals surface area contributed by atoms with Crippen LogP contribution in [0.5, 0.6) is 0 Å². The van der Waals surface area contributed by atoms with Crippen LogP contribution in [0.3, 0.4) is 0 Å². The first-order valence-corrected chi connectivity index (χ1v) is 8.89. The van der Waals surface area contributed by atoms with Crippen molar-refractivity contribution in [1.82, 2.24) is 4.31 Å². The van der Waals surface area contributed by atoms with E-state index in [4.69, 9.17) is 0 Å². The van der Waals surface area contributed by atoms with Crippen molar-refractivity contribution < 1.29 is 22.0 Å². The first-order chi connectivity index (χ1) is 10.4. The topological polar surface area (TPSA) is 54.5 Å². The van der Waals surface area contributed by atoms with E-state index in [1.807, 2.05) is 0 Å². The van der Waals surface area contributed by atoms with Gasteiger partial charge in [0.15, 0.2) is 5.78 Å². The highest BCUT2D eigenvalue weighted by molar-refractivity contribution is 7.89. The maximum Gasteiger partial charge on any atom is 0.214 e. The highest BCUT2D eigenvalue weighted by Crippen LogP contribution is 2.25. The molecule has 1 fully saturated rings. The number of carbonyl (C=O) groups is 1. The molecule has 1 aromatic rings. The molecule has 0 bridgehead atoms. The van der Waals surface area contributed by atoms with E-state index in [-0.39, 0.29) is 30.4 Å². The molecule has 0 aliphatic carbocycles. The zero-order chi connectivity index (χ0) is 16.2. The number of rotatable bonds is 7. The molecule has 122 valence electrons. The van der Waals surface area contributed by atoms with Gasteiger partial charge < -0.3 is 0 Å². The van der Waals surface area contributed by atoms with Crippen molar-refractivity contribution in [2.75, 3.05) is 19.0 Å². The molecule has 4 nitrogen and oxygen atoms in total.